The fourth-order valence-electron chi connectivity index (χ4n) is 3.41. The molecule has 1 fully saturated rings. The van der Waals surface area contributed by atoms with Crippen LogP contribution in [0, 0.1) is 12.8 Å². The van der Waals surface area contributed by atoms with Crippen LogP contribution in [-0.2, 0) is 9.84 Å². The Hall–Kier alpha value is -2.41. The van der Waals surface area contributed by atoms with Crippen molar-refractivity contribution in [1.29, 1.82) is 0 Å². The van der Waals surface area contributed by atoms with Gasteiger partial charge in [0.25, 0.3) is 5.91 Å². The monoisotopic (exact) mass is 402 g/mol. The molecule has 2 aromatic rings. The largest absolute Gasteiger partial charge is 0.489 e. The summed E-state index contributed by atoms with van der Waals surface area (Å²) in [6.45, 7) is 2.37. The SMILES string of the molecule is Cc1ccc(S(C)(=O)=O)cc1C(=O)Nc1ncccc1OCC1CCCCC1. The molecule has 3 rings (SSSR count). The normalized spacial score (nSPS) is 15.2. The summed E-state index contributed by atoms with van der Waals surface area (Å²) in [5.41, 5.74) is 0.984. The Morgan fingerprint density at radius 2 is 1.96 bits per heavy atom. The highest BCUT2D eigenvalue weighted by Gasteiger charge is 2.18. The molecule has 1 aromatic heterocycles. The van der Waals surface area contributed by atoms with E-state index in [1.165, 1.54) is 44.2 Å². The van der Waals surface area contributed by atoms with Crippen LogP contribution in [0.3, 0.4) is 0 Å². The van der Waals surface area contributed by atoms with E-state index in [0.717, 1.165) is 6.26 Å². The third kappa shape index (κ3) is 5.10. The summed E-state index contributed by atoms with van der Waals surface area (Å²) in [5, 5.41) is 2.76. The lowest BCUT2D eigenvalue weighted by Gasteiger charge is -2.22. The van der Waals surface area contributed by atoms with Crippen molar-refractivity contribution >= 4 is 21.6 Å². The molecule has 0 unspecified atom stereocenters. The molecule has 1 saturated carbocycles. The molecular formula is C21H26N2O4S. The molecule has 1 amide bonds. The first-order valence-electron chi connectivity index (χ1n) is 9.54. The zero-order chi connectivity index (χ0) is 20.1. The Kier molecular flexibility index (Phi) is 6.34. The Labute approximate surface area is 166 Å². The van der Waals surface area contributed by atoms with Gasteiger partial charge in [-0.15, -0.1) is 0 Å². The number of hydrogen-bond acceptors (Lipinski definition) is 5. The predicted molar refractivity (Wildman–Crippen MR) is 109 cm³/mol. The van der Waals surface area contributed by atoms with Gasteiger partial charge < -0.3 is 10.1 Å². The number of sulfone groups is 1. The fourth-order valence-corrected chi connectivity index (χ4v) is 4.06. The maximum atomic E-state index is 12.8. The van der Waals surface area contributed by atoms with Crippen LogP contribution < -0.4 is 10.1 Å². The van der Waals surface area contributed by atoms with Crippen LogP contribution in [-0.4, -0.2) is 32.2 Å². The van der Waals surface area contributed by atoms with Gasteiger partial charge in [0.1, 0.15) is 0 Å². The van der Waals surface area contributed by atoms with Crippen LogP contribution in [0.15, 0.2) is 41.4 Å². The first kappa shape index (κ1) is 20.3. The number of pyridine rings is 1. The molecule has 7 heteroatoms. The van der Waals surface area contributed by atoms with E-state index >= 15 is 0 Å². The van der Waals surface area contributed by atoms with E-state index in [4.69, 9.17) is 4.74 Å². The van der Waals surface area contributed by atoms with Gasteiger partial charge in [-0.05, 0) is 55.5 Å². The molecule has 150 valence electrons. The van der Waals surface area contributed by atoms with Gasteiger partial charge in [0, 0.05) is 18.0 Å². The van der Waals surface area contributed by atoms with Crippen LogP contribution in [0.2, 0.25) is 0 Å². The van der Waals surface area contributed by atoms with Gasteiger partial charge in [-0.3, -0.25) is 4.79 Å². The molecule has 28 heavy (non-hydrogen) atoms. The van der Waals surface area contributed by atoms with Crippen molar-refractivity contribution in [1.82, 2.24) is 4.98 Å². The van der Waals surface area contributed by atoms with Gasteiger partial charge >= 0.3 is 0 Å². The van der Waals surface area contributed by atoms with Gasteiger partial charge in [0.05, 0.1) is 11.5 Å². The van der Waals surface area contributed by atoms with E-state index in [1.54, 1.807) is 31.3 Å². The van der Waals surface area contributed by atoms with Crippen molar-refractivity contribution in [3.8, 4) is 5.75 Å². The molecule has 1 N–H and O–H groups in total. The Morgan fingerprint density at radius 1 is 1.21 bits per heavy atom. The maximum Gasteiger partial charge on any atom is 0.257 e. The number of anilines is 1. The van der Waals surface area contributed by atoms with Crippen molar-refractivity contribution in [3.05, 3.63) is 47.7 Å². The number of ether oxygens (including phenoxy) is 1. The highest BCUT2D eigenvalue weighted by Crippen LogP contribution is 2.27. The minimum atomic E-state index is -3.40. The lowest BCUT2D eigenvalue weighted by molar-refractivity contribution is 0.102. The number of nitrogens with one attached hydrogen (secondary N) is 1. The first-order chi connectivity index (χ1) is 13.3. The summed E-state index contributed by atoms with van der Waals surface area (Å²) in [7, 11) is -3.40. The summed E-state index contributed by atoms with van der Waals surface area (Å²) >= 11 is 0. The molecule has 0 saturated heterocycles. The summed E-state index contributed by atoms with van der Waals surface area (Å²) in [6.07, 6.45) is 8.80. The molecule has 1 aliphatic carbocycles. The molecule has 0 radical (unpaired) electrons. The van der Waals surface area contributed by atoms with Crippen molar-refractivity contribution in [2.75, 3.05) is 18.2 Å². The van der Waals surface area contributed by atoms with E-state index in [9.17, 15) is 13.2 Å². The number of aromatic nitrogens is 1. The quantitative estimate of drug-likeness (QED) is 0.789. The molecule has 0 atom stereocenters. The highest BCUT2D eigenvalue weighted by molar-refractivity contribution is 7.90. The summed E-state index contributed by atoms with van der Waals surface area (Å²) in [4.78, 5) is 17.1. The maximum absolute atomic E-state index is 12.8. The Bertz CT molecular complexity index is 951. The van der Waals surface area contributed by atoms with Gasteiger partial charge in [0.15, 0.2) is 21.4 Å². The Balaban J connectivity index is 1.76. The molecular weight excluding hydrogens is 376 g/mol. The minimum absolute atomic E-state index is 0.109. The topological polar surface area (TPSA) is 85.4 Å². The van der Waals surface area contributed by atoms with Crippen molar-refractivity contribution < 1.29 is 17.9 Å². The zero-order valence-electron chi connectivity index (χ0n) is 16.3. The third-order valence-corrected chi connectivity index (χ3v) is 6.19. The number of amides is 1. The number of carbonyl (C=O) groups excluding carboxylic acids is 1. The van der Waals surface area contributed by atoms with Crippen molar-refractivity contribution in [3.63, 3.8) is 0 Å². The second-order valence-electron chi connectivity index (χ2n) is 7.37. The van der Waals surface area contributed by atoms with Crippen molar-refractivity contribution in [2.24, 2.45) is 5.92 Å². The standard InChI is InChI=1S/C21H26N2O4S/c1-15-10-11-17(28(2,25)26)13-18(15)21(24)23-20-19(9-6-12-22-20)27-14-16-7-4-3-5-8-16/h6,9-13,16H,3-5,7-8,14H2,1-2H3,(H,22,23,24). The minimum Gasteiger partial charge on any atom is -0.489 e. The van der Waals surface area contributed by atoms with Crippen LogP contribution in [0.25, 0.3) is 0 Å². The number of benzene rings is 1. The van der Waals surface area contributed by atoms with E-state index in [2.05, 4.69) is 10.3 Å². The summed E-state index contributed by atoms with van der Waals surface area (Å²) in [5.74, 6) is 0.987. The van der Waals surface area contributed by atoms with Crippen molar-refractivity contribution in [2.45, 2.75) is 43.9 Å². The number of nitrogens with zero attached hydrogens (tertiary/aromatic N) is 1. The van der Waals surface area contributed by atoms with E-state index < -0.39 is 15.7 Å². The average Bonchev–Trinajstić information content (AvgIpc) is 2.67. The average molecular weight is 403 g/mol. The van der Waals surface area contributed by atoms with E-state index in [-0.39, 0.29) is 4.90 Å². The molecule has 0 spiro atoms. The first-order valence-corrected chi connectivity index (χ1v) is 11.4. The Morgan fingerprint density at radius 3 is 2.68 bits per heavy atom. The summed E-state index contributed by atoms with van der Waals surface area (Å²) in [6, 6.07) is 8.07. The van der Waals surface area contributed by atoms with Crippen LogP contribution in [0.4, 0.5) is 5.82 Å². The van der Waals surface area contributed by atoms with Crippen LogP contribution >= 0.6 is 0 Å². The lowest BCUT2D eigenvalue weighted by Crippen LogP contribution is -2.18. The van der Waals surface area contributed by atoms with E-state index in [0.29, 0.717) is 35.2 Å². The number of aryl methyl sites for hydroxylation is 1. The van der Waals surface area contributed by atoms with Gasteiger partial charge in [0.2, 0.25) is 0 Å². The number of hydrogen-bond donors (Lipinski definition) is 1. The lowest BCUT2D eigenvalue weighted by atomic mass is 9.90. The highest BCUT2D eigenvalue weighted by atomic mass is 32.2. The number of rotatable bonds is 6. The second-order valence-corrected chi connectivity index (χ2v) is 9.38. The fraction of sp³-hybridized carbons (Fsp3) is 0.429. The molecule has 1 heterocycles. The van der Waals surface area contributed by atoms with Gasteiger partial charge in [-0.1, -0.05) is 25.3 Å². The molecule has 1 aromatic carbocycles. The molecule has 1 aliphatic rings. The molecule has 6 nitrogen and oxygen atoms in total. The second kappa shape index (κ2) is 8.73. The van der Waals surface area contributed by atoms with E-state index in [1.807, 2.05) is 0 Å². The van der Waals surface area contributed by atoms with Crippen LogP contribution in [0.1, 0.15) is 48.0 Å². The van der Waals surface area contributed by atoms with Gasteiger partial charge in [-0.25, -0.2) is 13.4 Å². The van der Waals surface area contributed by atoms with Gasteiger partial charge in [-0.2, -0.15) is 0 Å². The number of carbonyl (C=O) groups is 1. The third-order valence-electron chi connectivity index (χ3n) is 5.08. The molecule has 0 bridgehead atoms. The summed E-state index contributed by atoms with van der Waals surface area (Å²) < 4.78 is 29.6. The smallest absolute Gasteiger partial charge is 0.257 e. The zero-order valence-corrected chi connectivity index (χ0v) is 17.1. The predicted octanol–water partition coefficient (Wildman–Crippen LogP) is 4.00. The van der Waals surface area contributed by atoms with Crippen LogP contribution in [0.5, 0.6) is 5.75 Å². The molecule has 0 aliphatic heterocycles.